The van der Waals surface area contributed by atoms with Gasteiger partial charge in [-0.25, -0.2) is 13.8 Å². The first kappa shape index (κ1) is 21.0. The Balaban J connectivity index is 1.74. The van der Waals surface area contributed by atoms with Crippen LogP contribution in [0.4, 0.5) is 26.1 Å². The second-order valence-electron chi connectivity index (χ2n) is 7.75. The normalized spacial score (nSPS) is 18.8. The summed E-state index contributed by atoms with van der Waals surface area (Å²) >= 11 is 0. The number of anilines is 3. The number of nitrogens with one attached hydrogen (secondary N) is 2. The average molecular weight is 429 g/mol. The molecule has 6 N–H and O–H groups in total. The average Bonchev–Trinajstić information content (AvgIpc) is 3.14. The summed E-state index contributed by atoms with van der Waals surface area (Å²) in [6.45, 7) is 2.45. The van der Waals surface area contributed by atoms with E-state index < -0.39 is 17.5 Å². The van der Waals surface area contributed by atoms with E-state index in [1.807, 2.05) is 6.92 Å². The summed E-state index contributed by atoms with van der Waals surface area (Å²) in [5, 5.41) is 10.9. The SMILES string of the molecule is CCn1ncc2c(Nc3nc(N[C@@H]4CCCC[C@@H]4N)c(F)cc3C(N)=O)cc(F)cc21. The third kappa shape index (κ3) is 4.15. The number of nitrogens with two attached hydrogens (primary N) is 2. The number of nitrogens with zero attached hydrogens (tertiary/aromatic N) is 3. The van der Waals surface area contributed by atoms with Crippen LogP contribution in [0.3, 0.4) is 0 Å². The fraction of sp³-hybridized carbons (Fsp3) is 0.381. The molecule has 0 bridgehead atoms. The lowest BCUT2D eigenvalue weighted by atomic mass is 9.91. The van der Waals surface area contributed by atoms with Gasteiger partial charge in [0.1, 0.15) is 11.6 Å². The highest BCUT2D eigenvalue weighted by atomic mass is 19.1. The van der Waals surface area contributed by atoms with Gasteiger partial charge in [-0.15, -0.1) is 0 Å². The molecule has 0 unspecified atom stereocenters. The van der Waals surface area contributed by atoms with Crippen molar-refractivity contribution in [2.45, 2.75) is 51.2 Å². The molecule has 2 heterocycles. The van der Waals surface area contributed by atoms with Gasteiger partial charge in [0.15, 0.2) is 11.6 Å². The largest absolute Gasteiger partial charge is 0.365 e. The molecule has 1 aliphatic carbocycles. The van der Waals surface area contributed by atoms with E-state index in [1.54, 1.807) is 10.9 Å². The highest BCUT2D eigenvalue weighted by Gasteiger charge is 2.25. The van der Waals surface area contributed by atoms with Crippen molar-refractivity contribution in [2.24, 2.45) is 11.5 Å². The van der Waals surface area contributed by atoms with Crippen LogP contribution in [-0.2, 0) is 6.54 Å². The van der Waals surface area contributed by atoms with E-state index in [4.69, 9.17) is 11.5 Å². The first-order chi connectivity index (χ1) is 14.9. The summed E-state index contributed by atoms with van der Waals surface area (Å²) in [4.78, 5) is 16.2. The van der Waals surface area contributed by atoms with Gasteiger partial charge in [-0.3, -0.25) is 9.48 Å². The number of rotatable bonds is 6. The van der Waals surface area contributed by atoms with E-state index >= 15 is 0 Å². The second-order valence-corrected chi connectivity index (χ2v) is 7.75. The van der Waals surface area contributed by atoms with E-state index in [0.29, 0.717) is 23.1 Å². The zero-order chi connectivity index (χ0) is 22.1. The van der Waals surface area contributed by atoms with E-state index in [0.717, 1.165) is 31.7 Å². The van der Waals surface area contributed by atoms with Crippen molar-refractivity contribution in [2.75, 3.05) is 10.6 Å². The lowest BCUT2D eigenvalue weighted by Gasteiger charge is -2.30. The Labute approximate surface area is 178 Å². The highest BCUT2D eigenvalue weighted by Crippen LogP contribution is 2.31. The zero-order valence-electron chi connectivity index (χ0n) is 17.2. The summed E-state index contributed by atoms with van der Waals surface area (Å²) < 4.78 is 30.6. The van der Waals surface area contributed by atoms with Gasteiger partial charge >= 0.3 is 0 Å². The molecule has 164 valence electrons. The molecule has 1 fully saturated rings. The van der Waals surface area contributed by atoms with Crippen molar-refractivity contribution in [1.82, 2.24) is 14.8 Å². The van der Waals surface area contributed by atoms with Crippen LogP contribution in [0, 0.1) is 11.6 Å². The fourth-order valence-corrected chi connectivity index (χ4v) is 4.01. The predicted octanol–water partition coefficient (Wildman–Crippen LogP) is 3.25. The van der Waals surface area contributed by atoms with Crippen LogP contribution in [0.25, 0.3) is 10.9 Å². The minimum absolute atomic E-state index is 0.0249. The van der Waals surface area contributed by atoms with Crippen LogP contribution in [0.1, 0.15) is 43.0 Å². The Morgan fingerprint density at radius 2 is 2.00 bits per heavy atom. The van der Waals surface area contributed by atoms with Crippen molar-refractivity contribution in [3.05, 3.63) is 41.6 Å². The molecule has 2 atom stereocenters. The van der Waals surface area contributed by atoms with Gasteiger partial charge in [-0.05, 0) is 38.0 Å². The third-order valence-electron chi connectivity index (χ3n) is 5.66. The van der Waals surface area contributed by atoms with Crippen molar-refractivity contribution < 1.29 is 13.6 Å². The maximum Gasteiger partial charge on any atom is 0.252 e. The number of primary amides is 1. The molecule has 0 saturated heterocycles. The number of aryl methyl sites for hydroxylation is 1. The van der Waals surface area contributed by atoms with Gasteiger partial charge in [-0.1, -0.05) is 12.8 Å². The fourth-order valence-electron chi connectivity index (χ4n) is 4.01. The Hall–Kier alpha value is -3.27. The second kappa shape index (κ2) is 8.46. The molecule has 1 saturated carbocycles. The maximum absolute atomic E-state index is 14.7. The van der Waals surface area contributed by atoms with E-state index in [9.17, 15) is 13.6 Å². The maximum atomic E-state index is 14.7. The lowest BCUT2D eigenvalue weighted by molar-refractivity contribution is 0.100. The molecule has 2 aromatic heterocycles. The van der Waals surface area contributed by atoms with Gasteiger partial charge in [0.2, 0.25) is 0 Å². The minimum atomic E-state index is -0.855. The van der Waals surface area contributed by atoms with Gasteiger partial charge in [0.25, 0.3) is 5.91 Å². The smallest absolute Gasteiger partial charge is 0.252 e. The molecular weight excluding hydrogens is 404 g/mol. The molecule has 31 heavy (non-hydrogen) atoms. The number of hydrogen-bond acceptors (Lipinski definition) is 6. The number of hydrogen-bond donors (Lipinski definition) is 4. The molecule has 4 rings (SSSR count). The molecule has 0 radical (unpaired) electrons. The highest BCUT2D eigenvalue weighted by molar-refractivity contribution is 6.00. The summed E-state index contributed by atoms with van der Waals surface area (Å²) in [5.41, 5.74) is 12.4. The molecule has 0 aliphatic heterocycles. The lowest BCUT2D eigenvalue weighted by Crippen LogP contribution is -2.43. The van der Waals surface area contributed by atoms with Crippen LogP contribution in [0.2, 0.25) is 0 Å². The number of halogens is 2. The topological polar surface area (TPSA) is 124 Å². The van der Waals surface area contributed by atoms with Gasteiger partial charge in [0, 0.05) is 24.0 Å². The third-order valence-corrected chi connectivity index (χ3v) is 5.66. The Morgan fingerprint density at radius 3 is 2.71 bits per heavy atom. The van der Waals surface area contributed by atoms with Crippen LogP contribution in [0.15, 0.2) is 24.4 Å². The quantitative estimate of drug-likeness (QED) is 0.477. The standard InChI is InChI=1S/C21H25F2N7O/c1-2-30-18-8-11(22)7-17(13(18)10-26-30)28-20-12(19(25)31)9-14(23)21(29-20)27-16-6-4-3-5-15(16)24/h7-10,15-16H,2-6,24H2,1H3,(H2,25,31)(H2,27,28,29)/t15-,16+/m0/s1. The van der Waals surface area contributed by atoms with Crippen molar-refractivity contribution in [3.63, 3.8) is 0 Å². The predicted molar refractivity (Wildman–Crippen MR) is 115 cm³/mol. The molecule has 0 spiro atoms. The number of aromatic nitrogens is 3. The van der Waals surface area contributed by atoms with Crippen molar-refractivity contribution in [1.29, 1.82) is 0 Å². The van der Waals surface area contributed by atoms with E-state index in [1.165, 1.54) is 12.1 Å². The van der Waals surface area contributed by atoms with Gasteiger partial charge in [0.05, 0.1) is 23.0 Å². The molecular formula is C21H25F2N7O. The monoisotopic (exact) mass is 429 g/mol. The molecule has 10 heteroatoms. The first-order valence-corrected chi connectivity index (χ1v) is 10.3. The number of fused-ring (bicyclic) bond motifs is 1. The summed E-state index contributed by atoms with van der Waals surface area (Å²) in [6, 6.07) is 3.42. The van der Waals surface area contributed by atoms with Crippen LogP contribution in [-0.4, -0.2) is 32.8 Å². The molecule has 8 nitrogen and oxygen atoms in total. The van der Waals surface area contributed by atoms with Crippen molar-refractivity contribution >= 4 is 34.1 Å². The van der Waals surface area contributed by atoms with Gasteiger partial charge < -0.3 is 22.1 Å². The molecule has 1 amide bonds. The molecule has 1 aromatic carbocycles. The molecule has 3 aromatic rings. The number of benzene rings is 1. The molecule has 1 aliphatic rings. The number of amides is 1. The van der Waals surface area contributed by atoms with E-state index in [2.05, 4.69) is 20.7 Å². The zero-order valence-corrected chi connectivity index (χ0v) is 17.2. The van der Waals surface area contributed by atoms with Crippen LogP contribution >= 0.6 is 0 Å². The van der Waals surface area contributed by atoms with Gasteiger partial charge in [-0.2, -0.15) is 5.10 Å². The summed E-state index contributed by atoms with van der Waals surface area (Å²) in [7, 11) is 0. The summed E-state index contributed by atoms with van der Waals surface area (Å²) in [6.07, 6.45) is 5.24. The number of pyridine rings is 1. The van der Waals surface area contributed by atoms with E-state index in [-0.39, 0.29) is 29.3 Å². The number of carbonyl (C=O) groups is 1. The first-order valence-electron chi connectivity index (χ1n) is 10.3. The van der Waals surface area contributed by atoms with Crippen LogP contribution < -0.4 is 22.1 Å². The Morgan fingerprint density at radius 1 is 1.23 bits per heavy atom. The Kier molecular flexibility index (Phi) is 5.73. The van der Waals surface area contributed by atoms with Crippen molar-refractivity contribution in [3.8, 4) is 0 Å². The Bertz CT molecular complexity index is 1130. The minimum Gasteiger partial charge on any atom is -0.365 e. The van der Waals surface area contributed by atoms with Crippen LogP contribution in [0.5, 0.6) is 0 Å². The number of carbonyl (C=O) groups excluding carboxylic acids is 1. The summed E-state index contributed by atoms with van der Waals surface area (Å²) in [5.74, 6) is -2.06.